The molecule has 0 aliphatic rings. The molecule has 6 nitrogen and oxygen atoms in total. The predicted octanol–water partition coefficient (Wildman–Crippen LogP) is 2.98. The monoisotopic (exact) mass is 275 g/mol. The Morgan fingerprint density at radius 2 is 2.25 bits per heavy atom. The highest BCUT2D eigenvalue weighted by atomic mass is 16.6. The van der Waals surface area contributed by atoms with Gasteiger partial charge in [0.15, 0.2) is 0 Å². The van der Waals surface area contributed by atoms with Crippen molar-refractivity contribution in [2.24, 2.45) is 0 Å². The molecule has 2 aromatic rings. The number of hydrogen-bond donors (Lipinski definition) is 1. The minimum absolute atomic E-state index is 0.0693. The Labute approximate surface area is 116 Å². The second-order valence-corrected chi connectivity index (χ2v) is 4.62. The van der Waals surface area contributed by atoms with Crippen LogP contribution in [-0.4, -0.2) is 29.7 Å². The number of rotatable bonds is 6. The Bertz CT molecular complexity index is 616. The van der Waals surface area contributed by atoms with E-state index in [0.29, 0.717) is 23.2 Å². The van der Waals surface area contributed by atoms with Gasteiger partial charge in [0.25, 0.3) is 0 Å². The maximum atomic E-state index is 11.3. The number of nitro groups is 1. The van der Waals surface area contributed by atoms with Crippen LogP contribution in [0.15, 0.2) is 30.5 Å². The summed E-state index contributed by atoms with van der Waals surface area (Å²) in [5, 5.41) is 15.1. The molecule has 0 spiro atoms. The largest absolute Gasteiger partial charge is 0.385 e. The molecule has 0 saturated heterocycles. The summed E-state index contributed by atoms with van der Waals surface area (Å²) in [6, 6.07) is 6.99. The zero-order valence-electron chi connectivity index (χ0n) is 11.5. The molecule has 2 rings (SSSR count). The fourth-order valence-electron chi connectivity index (χ4n) is 2.08. The number of ether oxygens (including phenoxy) is 1. The normalized spacial score (nSPS) is 12.3. The topological polar surface area (TPSA) is 77.3 Å². The quantitative estimate of drug-likeness (QED) is 0.647. The number of nitrogens with one attached hydrogen (secondary N) is 1. The molecule has 0 saturated carbocycles. The molecule has 1 aromatic heterocycles. The minimum atomic E-state index is -0.366. The molecule has 0 aliphatic heterocycles. The summed E-state index contributed by atoms with van der Waals surface area (Å²) in [7, 11) is 1.64. The van der Waals surface area contributed by atoms with Crippen LogP contribution in [0.3, 0.4) is 0 Å². The summed E-state index contributed by atoms with van der Waals surface area (Å²) >= 11 is 0. The number of hydrogen-bond acceptors (Lipinski definition) is 5. The van der Waals surface area contributed by atoms with Crippen molar-refractivity contribution >= 4 is 22.3 Å². The molecule has 1 atom stereocenters. The van der Waals surface area contributed by atoms with Crippen molar-refractivity contribution in [1.82, 2.24) is 4.98 Å². The number of benzene rings is 1. The third-order valence-corrected chi connectivity index (χ3v) is 3.10. The van der Waals surface area contributed by atoms with E-state index in [-0.39, 0.29) is 16.7 Å². The number of methoxy groups -OCH3 is 1. The lowest BCUT2D eigenvalue weighted by molar-refractivity contribution is -0.382. The van der Waals surface area contributed by atoms with E-state index in [2.05, 4.69) is 10.3 Å². The van der Waals surface area contributed by atoms with Crippen molar-refractivity contribution < 1.29 is 9.66 Å². The third-order valence-electron chi connectivity index (χ3n) is 3.10. The Kier molecular flexibility index (Phi) is 4.47. The summed E-state index contributed by atoms with van der Waals surface area (Å²) < 4.78 is 5.01. The van der Waals surface area contributed by atoms with Crippen molar-refractivity contribution in [3.8, 4) is 0 Å². The molecule has 0 bridgehead atoms. The highest BCUT2D eigenvalue weighted by Crippen LogP contribution is 2.32. The molecule has 0 amide bonds. The molecule has 0 aliphatic carbocycles. The molecule has 0 radical (unpaired) electrons. The van der Waals surface area contributed by atoms with Crippen LogP contribution in [-0.2, 0) is 4.74 Å². The van der Waals surface area contributed by atoms with E-state index in [1.807, 2.05) is 6.92 Å². The van der Waals surface area contributed by atoms with Gasteiger partial charge in [-0.15, -0.1) is 0 Å². The van der Waals surface area contributed by atoms with Crippen molar-refractivity contribution in [3.63, 3.8) is 0 Å². The Hall–Kier alpha value is -2.21. The molecular weight excluding hydrogens is 258 g/mol. The molecule has 20 heavy (non-hydrogen) atoms. The van der Waals surface area contributed by atoms with Crippen LogP contribution in [0.1, 0.15) is 13.3 Å². The SMILES string of the molecule is COCCC(C)Nc1ccc2ncccc2c1[N+](=O)[O-]. The summed E-state index contributed by atoms with van der Waals surface area (Å²) in [6.45, 7) is 2.58. The maximum absolute atomic E-state index is 11.3. The third kappa shape index (κ3) is 3.03. The van der Waals surface area contributed by atoms with Gasteiger partial charge in [-0.1, -0.05) is 0 Å². The predicted molar refractivity (Wildman–Crippen MR) is 78.0 cm³/mol. The average molecular weight is 275 g/mol. The van der Waals surface area contributed by atoms with Crippen molar-refractivity contribution in [2.45, 2.75) is 19.4 Å². The zero-order valence-corrected chi connectivity index (χ0v) is 11.5. The van der Waals surface area contributed by atoms with Crippen LogP contribution >= 0.6 is 0 Å². The van der Waals surface area contributed by atoms with Crippen molar-refractivity contribution in [1.29, 1.82) is 0 Å². The van der Waals surface area contributed by atoms with E-state index in [4.69, 9.17) is 4.74 Å². The highest BCUT2D eigenvalue weighted by molar-refractivity contribution is 5.94. The molecule has 1 unspecified atom stereocenters. The number of aromatic nitrogens is 1. The van der Waals surface area contributed by atoms with Gasteiger partial charge in [0, 0.05) is 26.0 Å². The van der Waals surface area contributed by atoms with Gasteiger partial charge >= 0.3 is 5.69 Å². The smallest absolute Gasteiger partial charge is 0.301 e. The Balaban J connectivity index is 2.37. The van der Waals surface area contributed by atoms with Crippen LogP contribution in [0, 0.1) is 10.1 Å². The van der Waals surface area contributed by atoms with Crippen LogP contribution in [0.2, 0.25) is 0 Å². The van der Waals surface area contributed by atoms with Gasteiger partial charge in [-0.05, 0) is 37.6 Å². The van der Waals surface area contributed by atoms with Crippen LogP contribution in [0.5, 0.6) is 0 Å². The lowest BCUT2D eigenvalue weighted by Crippen LogP contribution is -2.18. The molecular formula is C14H17N3O3. The molecule has 1 aromatic carbocycles. The van der Waals surface area contributed by atoms with E-state index in [9.17, 15) is 10.1 Å². The van der Waals surface area contributed by atoms with Crippen LogP contribution in [0.4, 0.5) is 11.4 Å². The van der Waals surface area contributed by atoms with Crippen LogP contribution < -0.4 is 5.32 Å². The van der Waals surface area contributed by atoms with E-state index in [0.717, 1.165) is 6.42 Å². The van der Waals surface area contributed by atoms with Gasteiger partial charge in [0.2, 0.25) is 0 Å². The molecule has 106 valence electrons. The first kappa shape index (κ1) is 14.2. The van der Waals surface area contributed by atoms with E-state index in [1.165, 1.54) is 0 Å². The second kappa shape index (κ2) is 6.29. The van der Waals surface area contributed by atoms with Gasteiger partial charge in [-0.3, -0.25) is 15.1 Å². The lowest BCUT2D eigenvalue weighted by atomic mass is 10.1. The van der Waals surface area contributed by atoms with E-state index >= 15 is 0 Å². The van der Waals surface area contributed by atoms with Gasteiger partial charge in [-0.2, -0.15) is 0 Å². The first-order valence-electron chi connectivity index (χ1n) is 6.41. The summed E-state index contributed by atoms with van der Waals surface area (Å²) in [5.41, 5.74) is 1.20. The maximum Gasteiger partial charge on any atom is 0.301 e. The number of fused-ring (bicyclic) bond motifs is 1. The number of anilines is 1. The first-order chi connectivity index (χ1) is 9.63. The number of nitrogens with zero attached hydrogens (tertiary/aromatic N) is 2. The zero-order chi connectivity index (χ0) is 14.5. The Morgan fingerprint density at radius 3 is 2.95 bits per heavy atom. The second-order valence-electron chi connectivity index (χ2n) is 4.62. The Morgan fingerprint density at radius 1 is 1.45 bits per heavy atom. The van der Waals surface area contributed by atoms with Crippen molar-refractivity contribution in [3.05, 3.63) is 40.6 Å². The molecule has 1 heterocycles. The molecule has 0 fully saturated rings. The molecule has 1 N–H and O–H groups in total. The van der Waals surface area contributed by atoms with Gasteiger partial charge in [0.05, 0.1) is 15.8 Å². The standard InChI is InChI=1S/C14H17N3O3/c1-10(7-9-20-2)16-13-6-5-12-11(4-3-8-15-12)14(13)17(18)19/h3-6,8,10,16H,7,9H2,1-2H3. The highest BCUT2D eigenvalue weighted by Gasteiger charge is 2.19. The van der Waals surface area contributed by atoms with E-state index < -0.39 is 0 Å². The van der Waals surface area contributed by atoms with Gasteiger partial charge in [-0.25, -0.2) is 0 Å². The fourth-order valence-corrected chi connectivity index (χ4v) is 2.08. The van der Waals surface area contributed by atoms with Gasteiger partial charge in [0.1, 0.15) is 5.69 Å². The minimum Gasteiger partial charge on any atom is -0.385 e. The first-order valence-corrected chi connectivity index (χ1v) is 6.41. The summed E-state index contributed by atoms with van der Waals surface area (Å²) in [6.07, 6.45) is 2.40. The fraction of sp³-hybridized carbons (Fsp3) is 0.357. The number of nitro benzene ring substituents is 1. The number of pyridine rings is 1. The average Bonchev–Trinajstić information content (AvgIpc) is 2.44. The summed E-state index contributed by atoms with van der Waals surface area (Å²) in [4.78, 5) is 15.1. The lowest BCUT2D eigenvalue weighted by Gasteiger charge is -2.15. The van der Waals surface area contributed by atoms with Gasteiger partial charge < -0.3 is 10.1 Å². The molecule has 6 heteroatoms. The van der Waals surface area contributed by atoms with Crippen molar-refractivity contribution in [2.75, 3.05) is 19.0 Å². The van der Waals surface area contributed by atoms with Crippen LogP contribution in [0.25, 0.3) is 10.9 Å². The summed E-state index contributed by atoms with van der Waals surface area (Å²) in [5.74, 6) is 0. The van der Waals surface area contributed by atoms with E-state index in [1.54, 1.807) is 37.6 Å².